The molecule has 0 unspecified atom stereocenters. The van der Waals surface area contributed by atoms with Crippen LogP contribution in [0.2, 0.25) is 0 Å². The Labute approximate surface area is 170 Å². The molecule has 0 saturated heterocycles. The van der Waals surface area contributed by atoms with Crippen LogP contribution >= 0.6 is 0 Å². The molecular weight excluding hydrogens is 395 g/mol. The number of fused-ring (bicyclic) bond motifs is 1. The number of aromatic nitrogens is 2. The van der Waals surface area contributed by atoms with Gasteiger partial charge in [0.2, 0.25) is 0 Å². The predicted octanol–water partition coefficient (Wildman–Crippen LogP) is 5.42. The smallest absolute Gasteiger partial charge is 0.416 e. The molecule has 4 aromatic rings. The van der Waals surface area contributed by atoms with Gasteiger partial charge < -0.3 is 14.1 Å². The van der Waals surface area contributed by atoms with E-state index in [1.165, 1.54) is 24.8 Å². The first-order valence-electron chi connectivity index (χ1n) is 9.26. The summed E-state index contributed by atoms with van der Waals surface area (Å²) in [6.07, 6.45) is 0.104. The Bertz CT molecular complexity index is 1190. The van der Waals surface area contributed by atoms with Crippen molar-refractivity contribution < 1.29 is 22.4 Å². The van der Waals surface area contributed by atoms with E-state index in [1.807, 2.05) is 19.9 Å². The van der Waals surface area contributed by atoms with Crippen LogP contribution in [0.25, 0.3) is 28.0 Å². The van der Waals surface area contributed by atoms with Crippen molar-refractivity contribution in [1.82, 2.24) is 14.7 Å². The van der Waals surface area contributed by atoms with Crippen LogP contribution in [0.3, 0.4) is 0 Å². The number of nitrogens with zero attached hydrogens (tertiary/aromatic N) is 2. The van der Waals surface area contributed by atoms with Crippen LogP contribution in [0.15, 0.2) is 65.7 Å². The predicted molar refractivity (Wildman–Crippen MR) is 106 cm³/mol. The molecule has 1 amide bonds. The van der Waals surface area contributed by atoms with E-state index >= 15 is 0 Å². The molecule has 0 atom stereocenters. The lowest BCUT2D eigenvalue weighted by atomic mass is 10.1. The Morgan fingerprint density at radius 2 is 1.80 bits per heavy atom. The number of benzene rings is 1. The third-order valence-electron chi connectivity index (χ3n) is 4.65. The zero-order chi connectivity index (χ0) is 21.5. The standard InChI is InChI=1S/C22H18F3N3O2/c1-13(2)27-21(29)18-9-17-8-5-15(10-28(17)20(18)19-11-30-12-26-19)14-3-6-16(7-4-14)22(23,24)25/h3-13H,1-2H3,(H,27,29). The van der Waals surface area contributed by atoms with Gasteiger partial charge in [-0.05, 0) is 49.2 Å². The zero-order valence-corrected chi connectivity index (χ0v) is 16.2. The second kappa shape index (κ2) is 7.37. The Morgan fingerprint density at radius 1 is 1.10 bits per heavy atom. The first kappa shape index (κ1) is 19.8. The SMILES string of the molecule is CC(C)NC(=O)c1cc2ccc(-c3ccc(C(F)(F)F)cc3)cn2c1-c1cocn1. The summed E-state index contributed by atoms with van der Waals surface area (Å²) in [6, 6.07) is 10.3. The van der Waals surface area contributed by atoms with Gasteiger partial charge in [0.05, 0.1) is 16.8 Å². The highest BCUT2D eigenvalue weighted by Crippen LogP contribution is 2.32. The summed E-state index contributed by atoms with van der Waals surface area (Å²) in [5.41, 5.74) is 2.83. The molecule has 3 aromatic heterocycles. The number of hydrogen-bond donors (Lipinski definition) is 1. The van der Waals surface area contributed by atoms with Crippen molar-refractivity contribution in [2.75, 3.05) is 0 Å². The van der Waals surface area contributed by atoms with E-state index in [-0.39, 0.29) is 11.9 Å². The van der Waals surface area contributed by atoms with Gasteiger partial charge in [0, 0.05) is 17.8 Å². The van der Waals surface area contributed by atoms with E-state index in [9.17, 15) is 18.0 Å². The van der Waals surface area contributed by atoms with E-state index in [0.717, 1.165) is 17.6 Å². The van der Waals surface area contributed by atoms with Gasteiger partial charge in [-0.15, -0.1) is 0 Å². The van der Waals surface area contributed by atoms with E-state index in [0.29, 0.717) is 28.1 Å². The van der Waals surface area contributed by atoms with Gasteiger partial charge in [0.1, 0.15) is 12.0 Å². The Morgan fingerprint density at radius 3 is 2.40 bits per heavy atom. The number of pyridine rings is 1. The number of rotatable bonds is 4. The Kier molecular flexibility index (Phi) is 4.85. The van der Waals surface area contributed by atoms with Gasteiger partial charge in [-0.1, -0.05) is 18.2 Å². The van der Waals surface area contributed by atoms with Crippen LogP contribution in [0.1, 0.15) is 29.8 Å². The normalized spacial score (nSPS) is 11.9. The molecule has 0 spiro atoms. The lowest BCUT2D eigenvalue weighted by Gasteiger charge is -2.10. The average Bonchev–Trinajstić information content (AvgIpc) is 3.33. The largest absolute Gasteiger partial charge is 0.451 e. The highest BCUT2D eigenvalue weighted by atomic mass is 19.4. The van der Waals surface area contributed by atoms with Gasteiger partial charge in [-0.2, -0.15) is 13.2 Å². The maximum absolute atomic E-state index is 12.9. The number of nitrogens with one attached hydrogen (secondary N) is 1. The third kappa shape index (κ3) is 3.68. The topological polar surface area (TPSA) is 59.5 Å². The molecule has 30 heavy (non-hydrogen) atoms. The molecular formula is C22H18F3N3O2. The number of oxazole rings is 1. The van der Waals surface area contributed by atoms with E-state index in [2.05, 4.69) is 10.3 Å². The fourth-order valence-corrected chi connectivity index (χ4v) is 3.30. The van der Waals surface area contributed by atoms with Gasteiger partial charge in [-0.25, -0.2) is 4.98 Å². The van der Waals surface area contributed by atoms with Crippen molar-refractivity contribution in [3.63, 3.8) is 0 Å². The fourth-order valence-electron chi connectivity index (χ4n) is 3.30. The number of carbonyl (C=O) groups is 1. The van der Waals surface area contributed by atoms with Crippen LogP contribution in [-0.4, -0.2) is 21.3 Å². The molecule has 0 fully saturated rings. The lowest BCUT2D eigenvalue weighted by molar-refractivity contribution is -0.137. The minimum absolute atomic E-state index is 0.0478. The first-order chi connectivity index (χ1) is 14.2. The quantitative estimate of drug-likeness (QED) is 0.486. The highest BCUT2D eigenvalue weighted by molar-refractivity contribution is 6.02. The summed E-state index contributed by atoms with van der Waals surface area (Å²) in [7, 11) is 0. The molecule has 5 nitrogen and oxygen atoms in total. The summed E-state index contributed by atoms with van der Waals surface area (Å²) in [4.78, 5) is 16.9. The van der Waals surface area contributed by atoms with Crippen LogP contribution in [0.4, 0.5) is 13.2 Å². The molecule has 0 aliphatic carbocycles. The number of hydrogen-bond acceptors (Lipinski definition) is 3. The molecule has 0 bridgehead atoms. The number of alkyl halides is 3. The zero-order valence-electron chi connectivity index (χ0n) is 16.2. The highest BCUT2D eigenvalue weighted by Gasteiger charge is 2.30. The Balaban J connectivity index is 1.84. The fraction of sp³-hybridized carbons (Fsp3) is 0.182. The van der Waals surface area contributed by atoms with Crippen LogP contribution in [-0.2, 0) is 6.18 Å². The van der Waals surface area contributed by atoms with Crippen molar-refractivity contribution in [2.24, 2.45) is 0 Å². The summed E-state index contributed by atoms with van der Waals surface area (Å²) in [5, 5.41) is 2.87. The second-order valence-electron chi connectivity index (χ2n) is 7.20. The molecule has 0 aliphatic heterocycles. The lowest BCUT2D eigenvalue weighted by Crippen LogP contribution is -2.30. The summed E-state index contributed by atoms with van der Waals surface area (Å²) in [5.74, 6) is -0.247. The van der Waals surface area contributed by atoms with E-state index in [4.69, 9.17) is 4.42 Å². The van der Waals surface area contributed by atoms with Crippen molar-refractivity contribution >= 4 is 11.4 Å². The van der Waals surface area contributed by atoms with Crippen molar-refractivity contribution in [2.45, 2.75) is 26.1 Å². The molecule has 0 radical (unpaired) electrons. The van der Waals surface area contributed by atoms with Gasteiger partial charge in [0.15, 0.2) is 6.39 Å². The number of carbonyl (C=O) groups excluding carboxylic acids is 1. The molecule has 0 saturated carbocycles. The Hall–Kier alpha value is -3.55. The van der Waals surface area contributed by atoms with Crippen molar-refractivity contribution in [3.8, 4) is 22.5 Å². The molecule has 0 aliphatic rings. The molecule has 8 heteroatoms. The van der Waals surface area contributed by atoms with Gasteiger partial charge in [-0.3, -0.25) is 4.79 Å². The van der Waals surface area contributed by atoms with Crippen LogP contribution in [0, 0.1) is 0 Å². The van der Waals surface area contributed by atoms with Crippen molar-refractivity contribution in [3.05, 3.63) is 72.4 Å². The van der Waals surface area contributed by atoms with Gasteiger partial charge >= 0.3 is 6.18 Å². The monoisotopic (exact) mass is 413 g/mol. The minimum Gasteiger partial charge on any atom is -0.451 e. The first-order valence-corrected chi connectivity index (χ1v) is 9.26. The summed E-state index contributed by atoms with van der Waals surface area (Å²) >= 11 is 0. The van der Waals surface area contributed by atoms with Gasteiger partial charge in [0.25, 0.3) is 5.91 Å². The number of halogens is 3. The summed E-state index contributed by atoms with van der Waals surface area (Å²) < 4.78 is 45.4. The van der Waals surface area contributed by atoms with Crippen LogP contribution < -0.4 is 5.32 Å². The molecule has 1 N–H and O–H groups in total. The summed E-state index contributed by atoms with van der Waals surface area (Å²) in [6.45, 7) is 3.73. The average molecular weight is 413 g/mol. The maximum Gasteiger partial charge on any atom is 0.416 e. The van der Waals surface area contributed by atoms with E-state index in [1.54, 1.807) is 22.7 Å². The minimum atomic E-state index is -4.39. The molecule has 3 heterocycles. The number of amides is 1. The third-order valence-corrected chi connectivity index (χ3v) is 4.65. The van der Waals surface area contributed by atoms with Crippen molar-refractivity contribution in [1.29, 1.82) is 0 Å². The maximum atomic E-state index is 12.9. The van der Waals surface area contributed by atoms with E-state index < -0.39 is 11.7 Å². The molecule has 154 valence electrons. The molecule has 1 aromatic carbocycles. The van der Waals surface area contributed by atoms with Crippen LogP contribution in [0.5, 0.6) is 0 Å². The molecule has 4 rings (SSSR count). The second-order valence-corrected chi connectivity index (χ2v) is 7.20.